The van der Waals surface area contributed by atoms with E-state index in [-0.39, 0.29) is 0 Å². The average molecular weight is 195 g/mol. The summed E-state index contributed by atoms with van der Waals surface area (Å²) in [5, 5.41) is 3.06. The summed E-state index contributed by atoms with van der Waals surface area (Å²) in [6.07, 6.45) is 1.74. The molecule has 5 heteroatoms. The van der Waals surface area contributed by atoms with Gasteiger partial charge in [0.1, 0.15) is 5.82 Å². The van der Waals surface area contributed by atoms with Crippen LogP contribution in [0.2, 0.25) is 0 Å². The maximum absolute atomic E-state index is 5.46. The van der Waals surface area contributed by atoms with Crippen LogP contribution < -0.4 is 16.0 Å². The summed E-state index contributed by atoms with van der Waals surface area (Å²) in [7, 11) is 1.96. The van der Waals surface area contributed by atoms with E-state index in [0.717, 1.165) is 18.9 Å². The summed E-state index contributed by atoms with van der Waals surface area (Å²) in [5.74, 6) is 1.55. The van der Waals surface area contributed by atoms with Crippen LogP contribution in [0.5, 0.6) is 0 Å². The van der Waals surface area contributed by atoms with Crippen molar-refractivity contribution in [3.63, 3.8) is 0 Å². The largest absolute Gasteiger partial charge is 0.358 e. The SMILES string of the molecule is CCNc1nccc(N(C)CCN)n1. The molecule has 0 aliphatic heterocycles. The molecule has 0 bridgehead atoms. The normalized spacial score (nSPS) is 9.93. The Balaban J connectivity index is 2.71. The summed E-state index contributed by atoms with van der Waals surface area (Å²) in [5.41, 5.74) is 5.46. The predicted molar refractivity (Wildman–Crippen MR) is 58.5 cm³/mol. The van der Waals surface area contributed by atoms with Crippen molar-refractivity contribution >= 4 is 11.8 Å². The number of nitrogens with zero attached hydrogens (tertiary/aromatic N) is 3. The molecule has 1 aromatic rings. The highest BCUT2D eigenvalue weighted by Crippen LogP contribution is 2.09. The topological polar surface area (TPSA) is 67.1 Å². The Hall–Kier alpha value is -1.36. The third-order valence-corrected chi connectivity index (χ3v) is 1.83. The molecule has 0 fully saturated rings. The van der Waals surface area contributed by atoms with Crippen LogP contribution in [-0.4, -0.2) is 36.6 Å². The van der Waals surface area contributed by atoms with Gasteiger partial charge in [0.15, 0.2) is 0 Å². The Kier molecular flexibility index (Phi) is 4.12. The van der Waals surface area contributed by atoms with E-state index in [1.165, 1.54) is 0 Å². The number of hydrogen-bond donors (Lipinski definition) is 2. The number of nitrogens with one attached hydrogen (secondary N) is 1. The zero-order valence-electron chi connectivity index (χ0n) is 8.70. The number of aromatic nitrogens is 2. The Labute approximate surface area is 84.3 Å². The lowest BCUT2D eigenvalue weighted by atomic mass is 10.5. The van der Waals surface area contributed by atoms with Gasteiger partial charge in [-0.05, 0) is 13.0 Å². The molecule has 0 amide bonds. The maximum Gasteiger partial charge on any atom is 0.224 e. The minimum absolute atomic E-state index is 0.622. The van der Waals surface area contributed by atoms with Crippen LogP contribution in [0.25, 0.3) is 0 Å². The molecule has 0 spiro atoms. The number of likely N-dealkylation sites (N-methyl/N-ethyl adjacent to an activating group) is 1. The highest BCUT2D eigenvalue weighted by atomic mass is 15.2. The fourth-order valence-electron chi connectivity index (χ4n) is 1.11. The predicted octanol–water partition coefficient (Wildman–Crippen LogP) is 0.303. The van der Waals surface area contributed by atoms with Crippen molar-refractivity contribution in [1.82, 2.24) is 9.97 Å². The maximum atomic E-state index is 5.46. The first kappa shape index (κ1) is 10.7. The van der Waals surface area contributed by atoms with Gasteiger partial charge in [0.05, 0.1) is 0 Å². The highest BCUT2D eigenvalue weighted by Gasteiger charge is 2.02. The van der Waals surface area contributed by atoms with Crippen LogP contribution in [0.4, 0.5) is 11.8 Å². The van der Waals surface area contributed by atoms with Gasteiger partial charge < -0.3 is 16.0 Å². The lowest BCUT2D eigenvalue weighted by Gasteiger charge is -2.17. The van der Waals surface area contributed by atoms with Gasteiger partial charge in [0.25, 0.3) is 0 Å². The smallest absolute Gasteiger partial charge is 0.224 e. The minimum Gasteiger partial charge on any atom is -0.358 e. The van der Waals surface area contributed by atoms with Crippen molar-refractivity contribution in [3.8, 4) is 0 Å². The zero-order chi connectivity index (χ0) is 10.4. The molecule has 0 atom stereocenters. The number of rotatable bonds is 5. The van der Waals surface area contributed by atoms with E-state index < -0.39 is 0 Å². The van der Waals surface area contributed by atoms with Crippen molar-refractivity contribution in [2.75, 3.05) is 36.9 Å². The first-order chi connectivity index (χ1) is 6.77. The third kappa shape index (κ3) is 2.85. The summed E-state index contributed by atoms with van der Waals surface area (Å²) in [6, 6.07) is 1.87. The lowest BCUT2D eigenvalue weighted by Crippen LogP contribution is -2.26. The molecule has 0 saturated heterocycles. The van der Waals surface area contributed by atoms with Crippen LogP contribution in [0, 0.1) is 0 Å². The van der Waals surface area contributed by atoms with Crippen LogP contribution in [0.3, 0.4) is 0 Å². The van der Waals surface area contributed by atoms with Crippen LogP contribution in [0.15, 0.2) is 12.3 Å². The monoisotopic (exact) mass is 195 g/mol. The standard InChI is InChI=1S/C9H17N5/c1-3-11-9-12-6-4-8(13-9)14(2)7-5-10/h4,6H,3,5,7,10H2,1-2H3,(H,11,12,13). The third-order valence-electron chi connectivity index (χ3n) is 1.83. The van der Waals surface area contributed by atoms with Gasteiger partial charge >= 0.3 is 0 Å². The molecule has 1 rings (SSSR count). The molecule has 0 aliphatic carbocycles. The first-order valence-corrected chi connectivity index (χ1v) is 4.76. The number of hydrogen-bond acceptors (Lipinski definition) is 5. The molecular formula is C9H17N5. The van der Waals surface area contributed by atoms with Gasteiger partial charge in [-0.2, -0.15) is 4.98 Å². The van der Waals surface area contributed by atoms with Gasteiger partial charge in [0, 0.05) is 32.9 Å². The molecule has 0 aliphatic rings. The van der Waals surface area contributed by atoms with Gasteiger partial charge in [0.2, 0.25) is 5.95 Å². The summed E-state index contributed by atoms with van der Waals surface area (Å²) >= 11 is 0. The van der Waals surface area contributed by atoms with Crippen molar-refractivity contribution in [1.29, 1.82) is 0 Å². The van der Waals surface area contributed by atoms with Gasteiger partial charge in [-0.3, -0.25) is 0 Å². The van der Waals surface area contributed by atoms with Crippen LogP contribution in [-0.2, 0) is 0 Å². The lowest BCUT2D eigenvalue weighted by molar-refractivity contribution is 0.864. The second-order valence-corrected chi connectivity index (χ2v) is 2.98. The molecule has 0 unspecified atom stereocenters. The summed E-state index contributed by atoms with van der Waals surface area (Å²) < 4.78 is 0. The molecule has 0 aromatic carbocycles. The van der Waals surface area contributed by atoms with Gasteiger partial charge in [-0.15, -0.1) is 0 Å². The van der Waals surface area contributed by atoms with E-state index in [2.05, 4.69) is 15.3 Å². The molecule has 1 heterocycles. The fourth-order valence-corrected chi connectivity index (χ4v) is 1.11. The molecule has 1 aromatic heterocycles. The second-order valence-electron chi connectivity index (χ2n) is 2.98. The molecule has 0 radical (unpaired) electrons. The van der Waals surface area contributed by atoms with E-state index in [0.29, 0.717) is 12.5 Å². The summed E-state index contributed by atoms with van der Waals surface area (Å²) in [6.45, 7) is 4.25. The van der Waals surface area contributed by atoms with Gasteiger partial charge in [-0.1, -0.05) is 0 Å². The second kappa shape index (κ2) is 5.39. The van der Waals surface area contributed by atoms with E-state index in [1.54, 1.807) is 6.20 Å². The quantitative estimate of drug-likeness (QED) is 0.707. The zero-order valence-corrected chi connectivity index (χ0v) is 8.70. The summed E-state index contributed by atoms with van der Waals surface area (Å²) in [4.78, 5) is 10.4. The van der Waals surface area contributed by atoms with Crippen LogP contribution in [0.1, 0.15) is 6.92 Å². The molecule has 3 N–H and O–H groups in total. The van der Waals surface area contributed by atoms with Crippen molar-refractivity contribution in [3.05, 3.63) is 12.3 Å². The van der Waals surface area contributed by atoms with Crippen molar-refractivity contribution in [2.24, 2.45) is 5.73 Å². The fraction of sp³-hybridized carbons (Fsp3) is 0.556. The van der Waals surface area contributed by atoms with Crippen LogP contribution >= 0.6 is 0 Å². The van der Waals surface area contributed by atoms with E-state index in [9.17, 15) is 0 Å². The van der Waals surface area contributed by atoms with E-state index in [4.69, 9.17) is 5.73 Å². The molecule has 0 saturated carbocycles. The molecular weight excluding hydrogens is 178 g/mol. The first-order valence-electron chi connectivity index (χ1n) is 4.76. The van der Waals surface area contributed by atoms with Crippen molar-refractivity contribution in [2.45, 2.75) is 6.92 Å². The van der Waals surface area contributed by atoms with Gasteiger partial charge in [-0.25, -0.2) is 4.98 Å². The molecule has 14 heavy (non-hydrogen) atoms. The average Bonchev–Trinajstić information content (AvgIpc) is 2.19. The number of anilines is 2. The number of nitrogens with two attached hydrogens (primary N) is 1. The molecule has 78 valence electrons. The Morgan fingerprint density at radius 2 is 2.36 bits per heavy atom. The Morgan fingerprint density at radius 3 is 3.00 bits per heavy atom. The van der Waals surface area contributed by atoms with E-state index in [1.807, 2.05) is 24.9 Å². The Morgan fingerprint density at radius 1 is 1.57 bits per heavy atom. The van der Waals surface area contributed by atoms with E-state index >= 15 is 0 Å². The minimum atomic E-state index is 0.622. The molecule has 5 nitrogen and oxygen atoms in total. The van der Waals surface area contributed by atoms with Crippen molar-refractivity contribution < 1.29 is 0 Å². The Bertz CT molecular complexity index is 276. The highest BCUT2D eigenvalue weighted by molar-refractivity contribution is 5.41.